The number of nitrogens with zero attached hydrogens (tertiary/aromatic N) is 1. The zero-order chi connectivity index (χ0) is 19.9. The second-order valence-corrected chi connectivity index (χ2v) is 7.33. The van der Waals surface area contributed by atoms with Gasteiger partial charge < -0.3 is 15.0 Å². The van der Waals surface area contributed by atoms with Gasteiger partial charge in [-0.2, -0.15) is 0 Å². The minimum Gasteiger partial charge on any atom is -0.476 e. The molecule has 1 aliphatic heterocycles. The van der Waals surface area contributed by atoms with Gasteiger partial charge in [-0.05, 0) is 37.1 Å². The van der Waals surface area contributed by atoms with Crippen LogP contribution in [0.1, 0.15) is 24.5 Å². The van der Waals surface area contributed by atoms with Crippen molar-refractivity contribution in [2.45, 2.75) is 25.0 Å². The average molecular weight is 386 g/mol. The molecule has 0 spiro atoms. The molecule has 1 aliphatic rings. The first-order valence-corrected chi connectivity index (χ1v) is 10.2. The summed E-state index contributed by atoms with van der Waals surface area (Å²) in [5.74, 6) is 0.730. The van der Waals surface area contributed by atoms with Gasteiger partial charge in [0, 0.05) is 30.4 Å². The van der Waals surface area contributed by atoms with Crippen LogP contribution in [0.25, 0.3) is 0 Å². The summed E-state index contributed by atoms with van der Waals surface area (Å²) < 4.78 is 6.13. The van der Waals surface area contributed by atoms with Crippen molar-refractivity contribution < 1.29 is 9.53 Å². The number of hydrogen-bond donors (Lipinski definition) is 1. The third-order valence-corrected chi connectivity index (χ3v) is 5.27. The van der Waals surface area contributed by atoms with Crippen LogP contribution in [-0.4, -0.2) is 29.9 Å². The monoisotopic (exact) mass is 386 g/mol. The van der Waals surface area contributed by atoms with Gasteiger partial charge in [-0.1, -0.05) is 66.7 Å². The molecule has 148 valence electrons. The molecule has 4 heteroatoms. The molecule has 3 aromatic rings. The molecule has 4 nitrogen and oxygen atoms in total. The van der Waals surface area contributed by atoms with E-state index in [0.29, 0.717) is 11.8 Å². The highest BCUT2D eigenvalue weighted by Gasteiger charge is 2.30. The predicted octanol–water partition coefficient (Wildman–Crippen LogP) is 4.91. The topological polar surface area (TPSA) is 41.6 Å². The van der Waals surface area contributed by atoms with Crippen molar-refractivity contribution in [3.63, 3.8) is 0 Å². The minimum absolute atomic E-state index is 0.0261. The molecule has 0 aromatic heterocycles. The lowest BCUT2D eigenvalue weighted by Gasteiger charge is -2.35. The third kappa shape index (κ3) is 4.96. The number of rotatable bonds is 6. The van der Waals surface area contributed by atoms with Gasteiger partial charge in [0.15, 0.2) is 0 Å². The van der Waals surface area contributed by atoms with Crippen molar-refractivity contribution in [3.05, 3.63) is 96.6 Å². The third-order valence-electron chi connectivity index (χ3n) is 5.27. The van der Waals surface area contributed by atoms with Crippen molar-refractivity contribution in [2.24, 2.45) is 0 Å². The summed E-state index contributed by atoms with van der Waals surface area (Å²) in [6, 6.07) is 29.9. The van der Waals surface area contributed by atoms with Crippen molar-refractivity contribution in [2.75, 3.05) is 18.4 Å². The van der Waals surface area contributed by atoms with Crippen molar-refractivity contribution in [1.29, 1.82) is 0 Å². The largest absolute Gasteiger partial charge is 0.476 e. The maximum absolute atomic E-state index is 13.3. The summed E-state index contributed by atoms with van der Waals surface area (Å²) in [4.78, 5) is 15.3. The molecular formula is C25H26N2O2. The number of para-hydroxylation sites is 2. The fourth-order valence-corrected chi connectivity index (χ4v) is 3.70. The lowest BCUT2D eigenvalue weighted by Crippen LogP contribution is -2.45. The fourth-order valence-electron chi connectivity index (χ4n) is 3.70. The lowest BCUT2D eigenvalue weighted by molar-refractivity contribution is -0.140. The Morgan fingerprint density at radius 3 is 2.00 bits per heavy atom. The van der Waals surface area contributed by atoms with E-state index in [0.717, 1.165) is 37.2 Å². The van der Waals surface area contributed by atoms with Crippen LogP contribution in [0.2, 0.25) is 0 Å². The summed E-state index contributed by atoms with van der Waals surface area (Å²) >= 11 is 0. The molecule has 29 heavy (non-hydrogen) atoms. The quantitative estimate of drug-likeness (QED) is 0.654. The second-order valence-electron chi connectivity index (χ2n) is 7.33. The van der Waals surface area contributed by atoms with Gasteiger partial charge in [0.2, 0.25) is 6.10 Å². The smallest absolute Gasteiger partial charge is 0.268 e. The first-order chi connectivity index (χ1) is 14.3. The summed E-state index contributed by atoms with van der Waals surface area (Å²) in [7, 11) is 0. The van der Waals surface area contributed by atoms with E-state index in [1.807, 2.05) is 83.8 Å². The summed E-state index contributed by atoms with van der Waals surface area (Å²) in [5, 5.41) is 3.57. The highest BCUT2D eigenvalue weighted by Crippen LogP contribution is 2.26. The molecule has 0 radical (unpaired) electrons. The van der Waals surface area contributed by atoms with Crippen molar-refractivity contribution >= 4 is 11.6 Å². The van der Waals surface area contributed by atoms with Gasteiger partial charge in [-0.3, -0.25) is 4.79 Å². The van der Waals surface area contributed by atoms with Crippen molar-refractivity contribution in [3.8, 4) is 5.75 Å². The normalized spacial score (nSPS) is 15.5. The van der Waals surface area contributed by atoms with Crippen LogP contribution in [0.3, 0.4) is 0 Å². The zero-order valence-corrected chi connectivity index (χ0v) is 16.4. The van der Waals surface area contributed by atoms with E-state index in [2.05, 4.69) is 17.4 Å². The number of ether oxygens (including phenoxy) is 1. The van der Waals surface area contributed by atoms with E-state index in [-0.39, 0.29) is 5.91 Å². The van der Waals surface area contributed by atoms with Crippen molar-refractivity contribution in [1.82, 2.24) is 4.90 Å². The van der Waals surface area contributed by atoms with E-state index in [9.17, 15) is 4.79 Å². The van der Waals surface area contributed by atoms with Crippen LogP contribution in [0, 0.1) is 0 Å². The summed E-state index contributed by atoms with van der Waals surface area (Å²) in [6.45, 7) is 1.45. The highest BCUT2D eigenvalue weighted by atomic mass is 16.5. The Balaban J connectivity index is 1.43. The Hall–Kier alpha value is -3.27. The van der Waals surface area contributed by atoms with Crippen LogP contribution in [-0.2, 0) is 4.79 Å². The van der Waals surface area contributed by atoms with Gasteiger partial charge in [0.1, 0.15) is 5.75 Å². The molecule has 1 amide bonds. The molecule has 1 unspecified atom stereocenters. The average Bonchev–Trinajstić information content (AvgIpc) is 2.79. The van der Waals surface area contributed by atoms with E-state index < -0.39 is 6.10 Å². The Labute approximate surface area is 172 Å². The molecule has 4 rings (SSSR count). The Bertz CT molecular complexity index is 892. The number of hydrogen-bond acceptors (Lipinski definition) is 3. The molecule has 1 heterocycles. The minimum atomic E-state index is -0.628. The molecule has 1 atom stereocenters. The number of nitrogens with one attached hydrogen (secondary N) is 1. The molecule has 3 aromatic carbocycles. The van der Waals surface area contributed by atoms with Gasteiger partial charge >= 0.3 is 0 Å². The number of carbonyl (C=O) groups excluding carboxylic acids is 1. The standard InChI is InChI=1S/C25H26N2O2/c28-25(27-18-16-22(17-19-27)26-21-12-6-2-7-13-21)24(20-10-4-1-5-11-20)29-23-14-8-3-9-15-23/h1-15,22,24,26H,16-19H2. The molecular weight excluding hydrogens is 360 g/mol. The second kappa shape index (κ2) is 9.28. The molecule has 1 fully saturated rings. The van der Waals surface area contributed by atoms with Gasteiger partial charge in [-0.25, -0.2) is 0 Å². The van der Waals surface area contributed by atoms with Crippen LogP contribution < -0.4 is 10.1 Å². The maximum Gasteiger partial charge on any atom is 0.268 e. The van der Waals surface area contributed by atoms with Gasteiger partial charge in [0.05, 0.1) is 0 Å². The van der Waals surface area contributed by atoms with E-state index in [4.69, 9.17) is 4.74 Å². The number of carbonyl (C=O) groups is 1. The lowest BCUT2D eigenvalue weighted by atomic mass is 10.0. The first kappa shape index (κ1) is 19.1. The Morgan fingerprint density at radius 2 is 1.38 bits per heavy atom. The summed E-state index contributed by atoms with van der Waals surface area (Å²) in [5.41, 5.74) is 2.01. The molecule has 1 N–H and O–H groups in total. The van der Waals surface area contributed by atoms with Crippen LogP contribution in [0.5, 0.6) is 5.75 Å². The maximum atomic E-state index is 13.3. The van der Waals surface area contributed by atoms with Crippen LogP contribution >= 0.6 is 0 Å². The SMILES string of the molecule is O=C(C(Oc1ccccc1)c1ccccc1)N1CCC(Nc2ccccc2)CC1. The van der Waals surface area contributed by atoms with E-state index >= 15 is 0 Å². The summed E-state index contributed by atoms with van der Waals surface area (Å²) in [6.07, 6.45) is 1.22. The number of anilines is 1. The molecule has 0 saturated carbocycles. The highest BCUT2D eigenvalue weighted by molar-refractivity contribution is 5.83. The fraction of sp³-hybridized carbons (Fsp3) is 0.240. The Kier molecular flexibility index (Phi) is 6.10. The number of amides is 1. The van der Waals surface area contributed by atoms with Crippen LogP contribution in [0.4, 0.5) is 5.69 Å². The zero-order valence-electron chi connectivity index (χ0n) is 16.4. The number of likely N-dealkylation sites (tertiary alicyclic amines) is 1. The molecule has 0 bridgehead atoms. The van der Waals surface area contributed by atoms with Crippen LogP contribution in [0.15, 0.2) is 91.0 Å². The van der Waals surface area contributed by atoms with E-state index in [1.54, 1.807) is 0 Å². The molecule has 0 aliphatic carbocycles. The van der Waals surface area contributed by atoms with Gasteiger partial charge in [0.25, 0.3) is 5.91 Å². The molecule has 1 saturated heterocycles. The Morgan fingerprint density at radius 1 is 0.828 bits per heavy atom. The number of piperidine rings is 1. The predicted molar refractivity (Wildman–Crippen MR) is 116 cm³/mol. The number of benzene rings is 3. The first-order valence-electron chi connectivity index (χ1n) is 10.2. The van der Waals surface area contributed by atoms with E-state index in [1.165, 1.54) is 0 Å². The van der Waals surface area contributed by atoms with Gasteiger partial charge in [-0.15, -0.1) is 0 Å².